The Labute approximate surface area is 81.9 Å². The Morgan fingerprint density at radius 3 is 2.86 bits per heavy atom. The highest BCUT2D eigenvalue weighted by atomic mass is 16.1. The highest BCUT2D eigenvalue weighted by molar-refractivity contribution is 5.63. The Kier molecular flexibility index (Phi) is 3.33. The van der Waals surface area contributed by atoms with Gasteiger partial charge in [-0.3, -0.25) is 9.78 Å². The van der Waals surface area contributed by atoms with Crippen molar-refractivity contribution in [1.29, 1.82) is 0 Å². The third-order valence-corrected chi connectivity index (χ3v) is 1.73. The van der Waals surface area contributed by atoms with Gasteiger partial charge in [0.15, 0.2) is 5.82 Å². The van der Waals surface area contributed by atoms with E-state index in [4.69, 9.17) is 5.73 Å². The average molecular weight is 197 g/mol. The second kappa shape index (κ2) is 4.50. The van der Waals surface area contributed by atoms with Gasteiger partial charge in [0.2, 0.25) is 5.95 Å². The fourth-order valence-electron chi connectivity index (χ4n) is 1.09. The fourth-order valence-corrected chi connectivity index (χ4v) is 1.09. The summed E-state index contributed by atoms with van der Waals surface area (Å²) in [6.45, 7) is 2.78. The smallest absolute Gasteiger partial charge is 0.277 e. The van der Waals surface area contributed by atoms with Crippen LogP contribution in [0.25, 0.3) is 0 Å². The molecule has 0 aromatic carbocycles. The minimum Gasteiger partial charge on any atom is -0.381 e. The van der Waals surface area contributed by atoms with Crippen molar-refractivity contribution in [3.05, 3.63) is 10.4 Å². The largest absolute Gasteiger partial charge is 0.381 e. The molecule has 5 N–H and O–H groups in total. The van der Waals surface area contributed by atoms with Crippen LogP contribution in [0.5, 0.6) is 0 Å². The van der Waals surface area contributed by atoms with E-state index < -0.39 is 0 Å². The van der Waals surface area contributed by atoms with E-state index in [2.05, 4.69) is 20.6 Å². The van der Waals surface area contributed by atoms with E-state index >= 15 is 0 Å². The van der Waals surface area contributed by atoms with E-state index in [0.29, 0.717) is 11.5 Å². The molecule has 14 heavy (non-hydrogen) atoms. The zero-order valence-corrected chi connectivity index (χ0v) is 8.35. The van der Waals surface area contributed by atoms with Gasteiger partial charge in [0.25, 0.3) is 5.56 Å². The number of nitrogen functional groups attached to an aromatic ring is 1. The van der Waals surface area contributed by atoms with Gasteiger partial charge in [-0.2, -0.15) is 4.98 Å². The van der Waals surface area contributed by atoms with Gasteiger partial charge in [0.05, 0.1) is 0 Å². The lowest BCUT2D eigenvalue weighted by molar-refractivity contribution is 0.964. The van der Waals surface area contributed by atoms with Gasteiger partial charge in [0.1, 0.15) is 5.69 Å². The maximum atomic E-state index is 11.4. The standard InChI is InChI=1S/C8H15N5O/c1-3-4-11-6-5(10-2)7(14)13-8(9)12-6/h10H,3-4H2,1-2H3,(H4,9,11,12,13,14). The summed E-state index contributed by atoms with van der Waals surface area (Å²) in [5, 5.41) is 5.80. The second-order valence-corrected chi connectivity index (χ2v) is 2.85. The van der Waals surface area contributed by atoms with E-state index in [1.807, 2.05) is 6.92 Å². The van der Waals surface area contributed by atoms with Crippen LogP contribution in [0.3, 0.4) is 0 Å². The minimum atomic E-state index is -0.265. The van der Waals surface area contributed by atoms with Crippen LogP contribution in [0.15, 0.2) is 4.79 Å². The summed E-state index contributed by atoms with van der Waals surface area (Å²) in [5.41, 5.74) is 5.56. The Morgan fingerprint density at radius 1 is 1.57 bits per heavy atom. The molecule has 78 valence electrons. The number of hydrogen-bond acceptors (Lipinski definition) is 5. The Hall–Kier alpha value is -1.72. The summed E-state index contributed by atoms with van der Waals surface area (Å²) in [6.07, 6.45) is 0.956. The summed E-state index contributed by atoms with van der Waals surface area (Å²) in [5.74, 6) is 0.614. The molecule has 0 saturated carbocycles. The first-order chi connectivity index (χ1) is 6.69. The van der Waals surface area contributed by atoms with Crippen LogP contribution in [-0.4, -0.2) is 23.6 Å². The quantitative estimate of drug-likeness (QED) is 0.553. The number of aromatic nitrogens is 2. The predicted molar refractivity (Wildman–Crippen MR) is 57.6 cm³/mol. The maximum absolute atomic E-state index is 11.4. The second-order valence-electron chi connectivity index (χ2n) is 2.85. The number of hydrogen-bond donors (Lipinski definition) is 4. The summed E-state index contributed by atoms with van der Waals surface area (Å²) in [6, 6.07) is 0. The summed E-state index contributed by atoms with van der Waals surface area (Å²) in [4.78, 5) is 17.8. The van der Waals surface area contributed by atoms with E-state index in [-0.39, 0.29) is 11.5 Å². The number of rotatable bonds is 4. The molecule has 1 aromatic rings. The minimum absolute atomic E-state index is 0.118. The highest BCUT2D eigenvalue weighted by Gasteiger charge is 2.07. The molecule has 0 radical (unpaired) electrons. The molecule has 0 aliphatic carbocycles. The number of nitrogens with two attached hydrogens (primary N) is 1. The average Bonchev–Trinajstić information content (AvgIpc) is 2.14. The number of nitrogens with zero attached hydrogens (tertiary/aromatic N) is 1. The van der Waals surface area contributed by atoms with Gasteiger partial charge in [-0.25, -0.2) is 0 Å². The van der Waals surface area contributed by atoms with E-state index in [1.165, 1.54) is 0 Å². The van der Waals surface area contributed by atoms with Crippen LogP contribution in [0.4, 0.5) is 17.5 Å². The Morgan fingerprint density at radius 2 is 2.29 bits per heavy atom. The van der Waals surface area contributed by atoms with Crippen molar-refractivity contribution < 1.29 is 0 Å². The van der Waals surface area contributed by atoms with Crippen molar-refractivity contribution >= 4 is 17.5 Å². The third-order valence-electron chi connectivity index (χ3n) is 1.73. The highest BCUT2D eigenvalue weighted by Crippen LogP contribution is 2.12. The van der Waals surface area contributed by atoms with Gasteiger partial charge in [-0.05, 0) is 6.42 Å². The molecule has 0 unspecified atom stereocenters. The van der Waals surface area contributed by atoms with Crippen LogP contribution in [-0.2, 0) is 0 Å². The third kappa shape index (κ3) is 2.15. The van der Waals surface area contributed by atoms with Crippen molar-refractivity contribution in [2.75, 3.05) is 30.0 Å². The van der Waals surface area contributed by atoms with Crippen molar-refractivity contribution in [2.45, 2.75) is 13.3 Å². The van der Waals surface area contributed by atoms with Gasteiger partial charge in [-0.15, -0.1) is 0 Å². The lowest BCUT2D eigenvalue weighted by Crippen LogP contribution is -2.19. The van der Waals surface area contributed by atoms with Crippen molar-refractivity contribution in [3.63, 3.8) is 0 Å². The summed E-state index contributed by atoms with van der Waals surface area (Å²) >= 11 is 0. The number of anilines is 3. The SMILES string of the molecule is CCCNc1nc(N)[nH]c(=O)c1NC. The number of aromatic amines is 1. The molecule has 0 spiro atoms. The first kappa shape index (κ1) is 10.4. The predicted octanol–water partition coefficient (Wildman–Crippen LogP) is 0.216. The monoisotopic (exact) mass is 197 g/mol. The Bertz CT molecular complexity index is 359. The lowest BCUT2D eigenvalue weighted by atomic mass is 10.4. The van der Waals surface area contributed by atoms with Gasteiger partial charge < -0.3 is 16.4 Å². The fraction of sp³-hybridized carbons (Fsp3) is 0.500. The number of nitrogens with one attached hydrogen (secondary N) is 3. The van der Waals surface area contributed by atoms with Crippen LogP contribution >= 0.6 is 0 Å². The molecule has 0 atom stereocenters. The first-order valence-electron chi connectivity index (χ1n) is 4.50. The summed E-state index contributed by atoms with van der Waals surface area (Å²) in [7, 11) is 1.67. The molecule has 1 heterocycles. The molecule has 1 rings (SSSR count). The van der Waals surface area contributed by atoms with Crippen LogP contribution in [0, 0.1) is 0 Å². The van der Waals surface area contributed by atoms with Crippen molar-refractivity contribution in [1.82, 2.24) is 9.97 Å². The lowest BCUT2D eigenvalue weighted by Gasteiger charge is -2.09. The number of H-pyrrole nitrogens is 1. The van der Waals surface area contributed by atoms with E-state index in [1.54, 1.807) is 7.05 Å². The van der Waals surface area contributed by atoms with Crippen molar-refractivity contribution in [3.8, 4) is 0 Å². The molecular formula is C8H15N5O. The molecule has 1 aromatic heterocycles. The molecule has 0 fully saturated rings. The molecule has 0 bridgehead atoms. The molecular weight excluding hydrogens is 182 g/mol. The molecule has 0 aliphatic heterocycles. The van der Waals surface area contributed by atoms with Gasteiger partial charge in [-0.1, -0.05) is 6.92 Å². The van der Waals surface area contributed by atoms with E-state index in [0.717, 1.165) is 13.0 Å². The zero-order chi connectivity index (χ0) is 10.6. The zero-order valence-electron chi connectivity index (χ0n) is 8.35. The Balaban J connectivity index is 3.05. The van der Waals surface area contributed by atoms with Crippen molar-refractivity contribution in [2.24, 2.45) is 0 Å². The van der Waals surface area contributed by atoms with Gasteiger partial charge >= 0.3 is 0 Å². The topological polar surface area (TPSA) is 95.8 Å². The van der Waals surface area contributed by atoms with Gasteiger partial charge in [0, 0.05) is 13.6 Å². The van der Waals surface area contributed by atoms with E-state index in [9.17, 15) is 4.79 Å². The first-order valence-corrected chi connectivity index (χ1v) is 4.50. The van der Waals surface area contributed by atoms with Crippen LogP contribution in [0.2, 0.25) is 0 Å². The maximum Gasteiger partial charge on any atom is 0.277 e. The molecule has 0 saturated heterocycles. The van der Waals surface area contributed by atoms with Crippen LogP contribution in [0.1, 0.15) is 13.3 Å². The molecule has 6 heteroatoms. The normalized spacial score (nSPS) is 9.86. The molecule has 6 nitrogen and oxygen atoms in total. The molecule has 0 amide bonds. The summed E-state index contributed by atoms with van der Waals surface area (Å²) < 4.78 is 0. The molecule has 0 aliphatic rings. The van der Waals surface area contributed by atoms with Crippen LogP contribution < -0.4 is 21.9 Å².